The van der Waals surface area contributed by atoms with Crippen LogP contribution in [0.2, 0.25) is 0 Å². The minimum Gasteiger partial charge on any atom is -0.433 e. The van der Waals surface area contributed by atoms with Crippen molar-refractivity contribution in [2.24, 2.45) is 0 Å². The second-order valence-electron chi connectivity index (χ2n) is 3.45. The number of hydrogen-bond acceptors (Lipinski definition) is 4. The topological polar surface area (TPSA) is 65.3 Å². The Morgan fingerprint density at radius 3 is 2.71 bits per heavy atom. The van der Waals surface area contributed by atoms with Crippen molar-refractivity contribution in [1.82, 2.24) is 4.98 Å². The quantitative estimate of drug-likeness (QED) is 0.600. The number of benzene rings is 1. The highest BCUT2D eigenvalue weighted by molar-refractivity contribution is 5.44. The lowest BCUT2D eigenvalue weighted by Gasteiger charge is -2.06. The van der Waals surface area contributed by atoms with Gasteiger partial charge in [0.15, 0.2) is 0 Å². The second kappa shape index (κ2) is 4.61. The molecule has 2 aromatic rings. The zero-order valence-electron chi connectivity index (χ0n) is 9.16. The van der Waals surface area contributed by atoms with Crippen LogP contribution in [0.25, 0.3) is 0 Å². The van der Waals surface area contributed by atoms with Crippen molar-refractivity contribution < 1.29 is 9.66 Å². The molecule has 0 bridgehead atoms. The van der Waals surface area contributed by atoms with Crippen LogP contribution in [0.3, 0.4) is 0 Å². The van der Waals surface area contributed by atoms with E-state index in [1.807, 2.05) is 19.1 Å². The molecule has 17 heavy (non-hydrogen) atoms. The lowest BCUT2D eigenvalue weighted by atomic mass is 10.2. The Bertz CT molecular complexity index is 555. The van der Waals surface area contributed by atoms with Crippen molar-refractivity contribution in [2.45, 2.75) is 6.92 Å². The molecule has 0 aliphatic heterocycles. The second-order valence-corrected chi connectivity index (χ2v) is 3.45. The molecule has 0 fully saturated rings. The van der Waals surface area contributed by atoms with Crippen LogP contribution in [0.15, 0.2) is 42.6 Å². The summed E-state index contributed by atoms with van der Waals surface area (Å²) in [6.45, 7) is 1.87. The van der Waals surface area contributed by atoms with Gasteiger partial charge in [0.2, 0.25) is 0 Å². The molecule has 0 aliphatic carbocycles. The SMILES string of the molecule is Cc1ccccc1Oc1ncccc1[N+](=O)[O-]. The molecule has 0 spiro atoms. The molecule has 1 heterocycles. The maximum absolute atomic E-state index is 10.8. The van der Waals surface area contributed by atoms with Gasteiger partial charge in [0.05, 0.1) is 4.92 Å². The Balaban J connectivity index is 2.37. The number of aromatic nitrogens is 1. The van der Waals surface area contributed by atoms with Gasteiger partial charge in [-0.2, -0.15) is 0 Å². The van der Waals surface area contributed by atoms with E-state index in [-0.39, 0.29) is 11.6 Å². The Kier molecular flexibility index (Phi) is 3.00. The summed E-state index contributed by atoms with van der Waals surface area (Å²) in [7, 11) is 0. The molecule has 0 atom stereocenters. The first-order valence-corrected chi connectivity index (χ1v) is 5.01. The normalized spacial score (nSPS) is 9.94. The van der Waals surface area contributed by atoms with E-state index >= 15 is 0 Å². The van der Waals surface area contributed by atoms with E-state index in [4.69, 9.17) is 4.74 Å². The van der Waals surface area contributed by atoms with Crippen LogP contribution in [0.5, 0.6) is 11.6 Å². The average Bonchev–Trinajstić information content (AvgIpc) is 2.32. The molecule has 0 N–H and O–H groups in total. The summed E-state index contributed by atoms with van der Waals surface area (Å²) in [6.07, 6.45) is 1.46. The Morgan fingerprint density at radius 2 is 2.00 bits per heavy atom. The molecule has 5 nitrogen and oxygen atoms in total. The van der Waals surface area contributed by atoms with Gasteiger partial charge in [-0.05, 0) is 24.6 Å². The first-order valence-electron chi connectivity index (χ1n) is 5.01. The molecule has 0 amide bonds. The molecule has 0 unspecified atom stereocenters. The van der Waals surface area contributed by atoms with E-state index in [2.05, 4.69) is 4.98 Å². The van der Waals surface area contributed by atoms with E-state index < -0.39 is 4.92 Å². The number of aryl methyl sites for hydroxylation is 1. The van der Waals surface area contributed by atoms with Crippen LogP contribution in [0.4, 0.5) is 5.69 Å². The van der Waals surface area contributed by atoms with Gasteiger partial charge < -0.3 is 4.74 Å². The van der Waals surface area contributed by atoms with Crippen molar-refractivity contribution in [3.63, 3.8) is 0 Å². The number of pyridine rings is 1. The summed E-state index contributed by atoms with van der Waals surface area (Å²) >= 11 is 0. The minimum absolute atomic E-state index is 0.00630. The fourth-order valence-electron chi connectivity index (χ4n) is 1.38. The number of nitro groups is 1. The van der Waals surface area contributed by atoms with E-state index in [1.54, 1.807) is 12.1 Å². The van der Waals surface area contributed by atoms with E-state index in [0.717, 1.165) is 5.56 Å². The van der Waals surface area contributed by atoms with Crippen LogP contribution >= 0.6 is 0 Å². The van der Waals surface area contributed by atoms with Crippen LogP contribution in [0, 0.1) is 17.0 Å². The highest BCUT2D eigenvalue weighted by Crippen LogP contribution is 2.29. The number of ether oxygens (including phenoxy) is 1. The van der Waals surface area contributed by atoms with Crippen molar-refractivity contribution in [1.29, 1.82) is 0 Å². The highest BCUT2D eigenvalue weighted by atomic mass is 16.6. The van der Waals surface area contributed by atoms with Gasteiger partial charge in [0, 0.05) is 12.3 Å². The molecule has 0 aliphatic rings. The van der Waals surface area contributed by atoms with Crippen LogP contribution in [-0.2, 0) is 0 Å². The fourth-order valence-corrected chi connectivity index (χ4v) is 1.38. The standard InChI is InChI=1S/C12H10N2O3/c1-9-5-2-3-7-11(9)17-12-10(14(15)16)6-4-8-13-12/h2-8H,1H3. The predicted molar refractivity (Wildman–Crippen MR) is 62.1 cm³/mol. The Labute approximate surface area is 97.8 Å². The number of rotatable bonds is 3. The molecule has 0 saturated heterocycles. The summed E-state index contributed by atoms with van der Waals surface area (Å²) < 4.78 is 5.45. The number of nitrogens with zero attached hydrogens (tertiary/aromatic N) is 2. The van der Waals surface area contributed by atoms with Gasteiger partial charge in [-0.15, -0.1) is 0 Å². The number of hydrogen-bond donors (Lipinski definition) is 0. The van der Waals surface area contributed by atoms with Crippen molar-refractivity contribution in [2.75, 3.05) is 0 Å². The maximum Gasteiger partial charge on any atom is 0.331 e. The fraction of sp³-hybridized carbons (Fsp3) is 0.0833. The van der Waals surface area contributed by atoms with Crippen LogP contribution in [0.1, 0.15) is 5.56 Å². The maximum atomic E-state index is 10.8. The average molecular weight is 230 g/mol. The third kappa shape index (κ3) is 2.39. The van der Waals surface area contributed by atoms with Gasteiger partial charge in [-0.1, -0.05) is 18.2 Å². The molecular formula is C12H10N2O3. The van der Waals surface area contributed by atoms with Gasteiger partial charge in [0.1, 0.15) is 5.75 Å². The predicted octanol–water partition coefficient (Wildman–Crippen LogP) is 3.09. The zero-order chi connectivity index (χ0) is 12.3. The molecule has 2 rings (SSSR count). The first-order chi connectivity index (χ1) is 8.18. The smallest absolute Gasteiger partial charge is 0.331 e. The molecule has 1 aromatic heterocycles. The van der Waals surface area contributed by atoms with E-state index in [9.17, 15) is 10.1 Å². The summed E-state index contributed by atoms with van der Waals surface area (Å²) in [6, 6.07) is 10.1. The molecule has 0 radical (unpaired) electrons. The first kappa shape index (κ1) is 11.1. The van der Waals surface area contributed by atoms with Crippen LogP contribution in [-0.4, -0.2) is 9.91 Å². The van der Waals surface area contributed by atoms with E-state index in [1.165, 1.54) is 18.3 Å². The lowest BCUT2D eigenvalue weighted by molar-refractivity contribution is -0.386. The Morgan fingerprint density at radius 1 is 1.24 bits per heavy atom. The molecule has 0 saturated carbocycles. The summed E-state index contributed by atoms with van der Waals surface area (Å²) in [4.78, 5) is 14.1. The minimum atomic E-state index is -0.513. The third-order valence-corrected chi connectivity index (χ3v) is 2.25. The van der Waals surface area contributed by atoms with E-state index in [0.29, 0.717) is 5.75 Å². The molecule has 1 aromatic carbocycles. The van der Waals surface area contributed by atoms with Crippen molar-refractivity contribution in [3.05, 3.63) is 58.3 Å². The molecule has 86 valence electrons. The molecule has 5 heteroatoms. The summed E-state index contributed by atoms with van der Waals surface area (Å²) in [5.41, 5.74) is 0.753. The highest BCUT2D eigenvalue weighted by Gasteiger charge is 2.16. The van der Waals surface area contributed by atoms with Gasteiger partial charge in [-0.25, -0.2) is 4.98 Å². The van der Waals surface area contributed by atoms with Gasteiger partial charge in [-0.3, -0.25) is 10.1 Å². The number of para-hydroxylation sites is 1. The summed E-state index contributed by atoms with van der Waals surface area (Å²) in [5.74, 6) is 0.570. The summed E-state index contributed by atoms with van der Waals surface area (Å²) in [5, 5.41) is 10.8. The van der Waals surface area contributed by atoms with Gasteiger partial charge in [0.25, 0.3) is 5.88 Å². The largest absolute Gasteiger partial charge is 0.433 e. The van der Waals surface area contributed by atoms with Gasteiger partial charge >= 0.3 is 5.69 Å². The van der Waals surface area contributed by atoms with Crippen LogP contribution < -0.4 is 4.74 Å². The van der Waals surface area contributed by atoms with Crippen molar-refractivity contribution >= 4 is 5.69 Å². The lowest BCUT2D eigenvalue weighted by Crippen LogP contribution is -1.96. The molecular weight excluding hydrogens is 220 g/mol. The van der Waals surface area contributed by atoms with Crippen molar-refractivity contribution in [3.8, 4) is 11.6 Å². The monoisotopic (exact) mass is 230 g/mol. The Hall–Kier alpha value is -2.43. The third-order valence-electron chi connectivity index (χ3n) is 2.25. The zero-order valence-corrected chi connectivity index (χ0v) is 9.16.